The molecule has 16 heavy (non-hydrogen) atoms. The Balaban J connectivity index is 4.00. The van der Waals surface area contributed by atoms with E-state index in [-0.39, 0.29) is 6.02 Å². The van der Waals surface area contributed by atoms with Gasteiger partial charge in [0, 0.05) is 19.5 Å². The molecule has 0 bridgehead atoms. The Morgan fingerprint density at radius 3 is 2.69 bits per heavy atom. The summed E-state index contributed by atoms with van der Waals surface area (Å²) < 4.78 is 4.86. The number of nitrogens with one attached hydrogen (secondary N) is 1. The van der Waals surface area contributed by atoms with Gasteiger partial charge in [-0.05, 0) is 34.0 Å². The average Bonchev–Trinajstić information content (AvgIpc) is 2.22. The molecule has 0 aliphatic rings. The van der Waals surface area contributed by atoms with Crippen LogP contribution in [0.1, 0.15) is 13.3 Å². The number of hydrogen-bond acceptors (Lipinski definition) is 4. The normalized spacial score (nSPS) is 10.7. The fourth-order valence-electron chi connectivity index (χ4n) is 0.945. The third-order valence-electron chi connectivity index (χ3n) is 1.65. The number of rotatable bonds is 4. The van der Waals surface area contributed by atoms with E-state index in [0.717, 1.165) is 13.0 Å². The van der Waals surface area contributed by atoms with Crippen LogP contribution in [0.2, 0.25) is 0 Å². The molecule has 0 fully saturated rings. The van der Waals surface area contributed by atoms with Crippen LogP contribution in [0.15, 0.2) is 4.99 Å². The van der Waals surface area contributed by atoms with Crippen LogP contribution in [0.5, 0.6) is 0 Å². The molecule has 0 unspecified atom stereocenters. The van der Waals surface area contributed by atoms with Gasteiger partial charge in [-0.15, -0.1) is 0 Å². The molecular formula is C11H19N3O2. The smallest absolute Gasteiger partial charge is 0.383 e. The van der Waals surface area contributed by atoms with Crippen molar-refractivity contribution in [3.05, 3.63) is 0 Å². The summed E-state index contributed by atoms with van der Waals surface area (Å²) in [4.78, 5) is 17.2. The fourth-order valence-corrected chi connectivity index (χ4v) is 0.945. The van der Waals surface area contributed by atoms with Crippen LogP contribution in [-0.4, -0.2) is 51.1 Å². The lowest BCUT2D eigenvalue weighted by Crippen LogP contribution is -2.25. The molecule has 0 aliphatic carbocycles. The van der Waals surface area contributed by atoms with Crippen LogP contribution < -0.4 is 5.32 Å². The first-order chi connectivity index (χ1) is 7.60. The minimum atomic E-state index is -0.594. The Kier molecular flexibility index (Phi) is 7.90. The van der Waals surface area contributed by atoms with E-state index in [1.54, 1.807) is 14.0 Å². The van der Waals surface area contributed by atoms with E-state index in [1.165, 1.54) is 0 Å². The quantitative estimate of drug-likeness (QED) is 0.184. The lowest BCUT2D eigenvalue weighted by Gasteiger charge is -2.08. The molecule has 0 atom stereocenters. The Morgan fingerprint density at radius 1 is 1.50 bits per heavy atom. The van der Waals surface area contributed by atoms with Crippen molar-refractivity contribution >= 4 is 12.0 Å². The highest BCUT2D eigenvalue weighted by atomic mass is 16.6. The van der Waals surface area contributed by atoms with Crippen molar-refractivity contribution in [3.63, 3.8) is 0 Å². The Labute approximate surface area is 96.9 Å². The second-order valence-corrected chi connectivity index (χ2v) is 3.36. The van der Waals surface area contributed by atoms with Crippen LogP contribution in [-0.2, 0) is 9.53 Å². The highest BCUT2D eigenvalue weighted by Crippen LogP contribution is 1.87. The summed E-state index contributed by atoms with van der Waals surface area (Å²) >= 11 is 0. The molecule has 0 saturated carbocycles. The Hall–Kier alpha value is -1.54. The summed E-state index contributed by atoms with van der Waals surface area (Å²) in [6.07, 6.45) is 0.912. The first-order valence-electron chi connectivity index (χ1n) is 5.11. The number of hydrogen-bond donors (Lipinski definition) is 1. The van der Waals surface area contributed by atoms with Gasteiger partial charge in [0.2, 0.25) is 0 Å². The van der Waals surface area contributed by atoms with Gasteiger partial charge in [-0.2, -0.15) is 0 Å². The van der Waals surface area contributed by atoms with Gasteiger partial charge >= 0.3 is 5.97 Å². The van der Waals surface area contributed by atoms with E-state index in [9.17, 15) is 4.79 Å². The molecule has 0 aromatic heterocycles. The van der Waals surface area contributed by atoms with E-state index in [1.807, 2.05) is 14.1 Å². The summed E-state index contributed by atoms with van der Waals surface area (Å²) in [5.74, 6) is 4.15. The Bertz CT molecular complexity index is 300. The van der Waals surface area contributed by atoms with Gasteiger partial charge in [-0.3, -0.25) is 0 Å². The molecule has 90 valence electrons. The number of carbonyl (C=O) groups is 1. The SMILES string of the molecule is CC#CC(=O)O/C(=N/CCCN(C)C)NC. The van der Waals surface area contributed by atoms with Crippen LogP contribution >= 0.6 is 0 Å². The van der Waals surface area contributed by atoms with E-state index >= 15 is 0 Å². The maximum Gasteiger partial charge on any atom is 0.392 e. The zero-order valence-corrected chi connectivity index (χ0v) is 10.3. The van der Waals surface area contributed by atoms with Crippen molar-refractivity contribution in [1.82, 2.24) is 10.2 Å². The highest BCUT2D eigenvalue weighted by molar-refractivity contribution is 5.97. The molecule has 0 rings (SSSR count). The van der Waals surface area contributed by atoms with Crippen molar-refractivity contribution in [3.8, 4) is 11.8 Å². The molecule has 0 aromatic carbocycles. The molecule has 0 spiro atoms. The number of esters is 1. The van der Waals surface area contributed by atoms with Gasteiger partial charge in [0.15, 0.2) is 0 Å². The molecule has 5 nitrogen and oxygen atoms in total. The van der Waals surface area contributed by atoms with Gasteiger partial charge in [0.1, 0.15) is 0 Å². The maximum atomic E-state index is 11.0. The number of ether oxygens (including phenoxy) is 1. The van der Waals surface area contributed by atoms with Gasteiger partial charge in [-0.25, -0.2) is 9.79 Å². The highest BCUT2D eigenvalue weighted by Gasteiger charge is 2.02. The van der Waals surface area contributed by atoms with Crippen molar-refractivity contribution in [1.29, 1.82) is 0 Å². The first kappa shape index (κ1) is 14.5. The van der Waals surface area contributed by atoms with Crippen LogP contribution in [0, 0.1) is 11.8 Å². The molecule has 0 saturated heterocycles. The molecule has 1 N–H and O–H groups in total. The van der Waals surface area contributed by atoms with Crippen LogP contribution in [0.4, 0.5) is 0 Å². The van der Waals surface area contributed by atoms with Crippen molar-refractivity contribution in [2.75, 3.05) is 34.2 Å². The van der Waals surface area contributed by atoms with Crippen LogP contribution in [0.3, 0.4) is 0 Å². The summed E-state index contributed by atoms with van der Waals surface area (Å²) in [5.41, 5.74) is 0. The number of aliphatic imine (C=N–C) groups is 1. The topological polar surface area (TPSA) is 53.9 Å². The predicted octanol–water partition coefficient (Wildman–Crippen LogP) is 0.0800. The molecule has 0 amide bonds. The van der Waals surface area contributed by atoms with Gasteiger partial charge in [0.25, 0.3) is 6.02 Å². The number of amidine groups is 1. The number of carbonyl (C=O) groups excluding carboxylic acids is 1. The first-order valence-corrected chi connectivity index (χ1v) is 5.11. The predicted molar refractivity (Wildman–Crippen MR) is 64.1 cm³/mol. The van der Waals surface area contributed by atoms with Crippen molar-refractivity contribution in [2.24, 2.45) is 4.99 Å². The summed E-state index contributed by atoms with van der Waals surface area (Å²) in [7, 11) is 5.65. The lowest BCUT2D eigenvalue weighted by molar-refractivity contribution is -0.129. The number of nitrogens with zero attached hydrogens (tertiary/aromatic N) is 2. The summed E-state index contributed by atoms with van der Waals surface area (Å²) in [6, 6.07) is 0.214. The van der Waals surface area contributed by atoms with Crippen molar-refractivity contribution in [2.45, 2.75) is 13.3 Å². The molecule has 0 radical (unpaired) electrons. The third-order valence-corrected chi connectivity index (χ3v) is 1.65. The van der Waals surface area contributed by atoms with E-state index in [0.29, 0.717) is 6.54 Å². The molecule has 0 heterocycles. The molecule has 0 aromatic rings. The Morgan fingerprint density at radius 2 is 2.19 bits per heavy atom. The maximum absolute atomic E-state index is 11.0. The fraction of sp³-hybridized carbons (Fsp3) is 0.636. The van der Waals surface area contributed by atoms with E-state index in [2.05, 4.69) is 27.0 Å². The molecule has 0 aliphatic heterocycles. The minimum absolute atomic E-state index is 0.214. The average molecular weight is 225 g/mol. The van der Waals surface area contributed by atoms with E-state index < -0.39 is 5.97 Å². The minimum Gasteiger partial charge on any atom is -0.383 e. The van der Waals surface area contributed by atoms with Gasteiger partial charge in [0.05, 0.1) is 0 Å². The zero-order chi connectivity index (χ0) is 12.4. The van der Waals surface area contributed by atoms with E-state index in [4.69, 9.17) is 4.74 Å². The van der Waals surface area contributed by atoms with Gasteiger partial charge < -0.3 is 15.0 Å². The molecule has 5 heteroatoms. The van der Waals surface area contributed by atoms with Crippen LogP contribution in [0.25, 0.3) is 0 Å². The van der Waals surface area contributed by atoms with Gasteiger partial charge in [-0.1, -0.05) is 5.92 Å². The zero-order valence-electron chi connectivity index (χ0n) is 10.3. The van der Waals surface area contributed by atoms with Crippen molar-refractivity contribution < 1.29 is 9.53 Å². The second-order valence-electron chi connectivity index (χ2n) is 3.36. The summed E-state index contributed by atoms with van der Waals surface area (Å²) in [5, 5.41) is 2.71. The summed E-state index contributed by atoms with van der Waals surface area (Å²) in [6.45, 7) is 3.14. The standard InChI is InChI=1S/C11H19N3O2/c1-5-7-10(15)16-11(12-2)13-8-6-9-14(3)4/h6,8-9H2,1-4H3,(H,12,13). The monoisotopic (exact) mass is 225 g/mol. The molecular weight excluding hydrogens is 206 g/mol. The largest absolute Gasteiger partial charge is 0.392 e. The third kappa shape index (κ3) is 7.83. The second kappa shape index (κ2) is 8.74. The lowest BCUT2D eigenvalue weighted by atomic mass is 10.4.